The Morgan fingerprint density at radius 2 is 0.872 bits per heavy atom. The van der Waals surface area contributed by atoms with Crippen molar-refractivity contribution in [2.75, 3.05) is 0 Å². The van der Waals surface area contributed by atoms with Crippen molar-refractivity contribution in [2.24, 2.45) is 0 Å². The second kappa shape index (κ2) is 11.3. The van der Waals surface area contributed by atoms with Crippen LogP contribution in [0.1, 0.15) is 49.9 Å². The molecule has 47 heavy (non-hydrogen) atoms. The fraction of sp³-hybridized carbons (Fsp3) is 0.0714. The maximum absolute atomic E-state index is 14.5. The van der Waals surface area contributed by atoms with Gasteiger partial charge in [-0.2, -0.15) is 0 Å². The average molecular weight is 649 g/mol. The molecule has 0 aromatic heterocycles. The molecule has 0 unspecified atom stereocenters. The molecule has 6 aromatic rings. The Morgan fingerprint density at radius 1 is 0.489 bits per heavy atom. The first kappa shape index (κ1) is 29.3. The summed E-state index contributed by atoms with van der Waals surface area (Å²) in [5.74, 6) is -1.05. The van der Waals surface area contributed by atoms with Crippen LogP contribution in [0.3, 0.4) is 0 Å². The normalized spacial score (nSPS) is 12.7. The topological polar surface area (TPSA) is 52.6 Å². The SMILES string of the molecule is C[CH]=[Ti]([O]C(=O)c1ccccc1)([O]C(=O)c1ccccc1)([c]1cccc2c1Cc1ccccc1-2)[c]1cccc2c1Cc1ccccc1-2. The summed E-state index contributed by atoms with van der Waals surface area (Å²) >= 11 is -5.90. The molecule has 0 aliphatic heterocycles. The Balaban J connectivity index is 1.48. The van der Waals surface area contributed by atoms with Gasteiger partial charge in [0, 0.05) is 0 Å². The van der Waals surface area contributed by atoms with Gasteiger partial charge in [-0.05, 0) is 0 Å². The van der Waals surface area contributed by atoms with Crippen LogP contribution in [0, 0.1) is 0 Å². The van der Waals surface area contributed by atoms with Gasteiger partial charge in [-0.25, -0.2) is 0 Å². The Bertz CT molecular complexity index is 2130. The van der Waals surface area contributed by atoms with Crippen LogP contribution in [0.5, 0.6) is 0 Å². The fourth-order valence-corrected chi connectivity index (χ4v) is 15.5. The molecule has 6 aromatic carbocycles. The van der Waals surface area contributed by atoms with Gasteiger partial charge in [0.05, 0.1) is 0 Å². The summed E-state index contributed by atoms with van der Waals surface area (Å²) in [4.78, 5) is 29.1. The second-order valence-electron chi connectivity index (χ2n) is 12.3. The van der Waals surface area contributed by atoms with Crippen molar-refractivity contribution in [3.8, 4) is 22.3 Å². The zero-order valence-corrected chi connectivity index (χ0v) is 27.5. The van der Waals surface area contributed by atoms with Crippen molar-refractivity contribution in [1.29, 1.82) is 0 Å². The molecule has 5 heteroatoms. The van der Waals surface area contributed by atoms with Crippen molar-refractivity contribution in [2.45, 2.75) is 19.8 Å². The molecular weight excluding hydrogens is 616 g/mol. The van der Waals surface area contributed by atoms with E-state index in [-0.39, 0.29) is 0 Å². The van der Waals surface area contributed by atoms with Gasteiger partial charge in [0.15, 0.2) is 0 Å². The molecule has 0 N–H and O–H groups in total. The number of rotatable bonds is 6. The van der Waals surface area contributed by atoms with Crippen LogP contribution in [0.15, 0.2) is 146 Å². The minimum absolute atomic E-state index is 0.396. The number of carbonyl (C=O) groups excluding carboxylic acids is 2. The van der Waals surface area contributed by atoms with Gasteiger partial charge in [0.1, 0.15) is 0 Å². The van der Waals surface area contributed by atoms with E-state index in [1.54, 1.807) is 24.3 Å². The molecule has 0 heterocycles. The summed E-state index contributed by atoms with van der Waals surface area (Å²) in [5, 5.41) is 0. The Kier molecular flexibility index (Phi) is 7.02. The van der Waals surface area contributed by atoms with Gasteiger partial charge in [-0.15, -0.1) is 0 Å². The van der Waals surface area contributed by atoms with Crippen LogP contribution < -0.4 is 7.74 Å². The van der Waals surface area contributed by atoms with Crippen LogP contribution >= 0.6 is 0 Å². The van der Waals surface area contributed by atoms with E-state index in [9.17, 15) is 9.59 Å². The molecule has 0 spiro atoms. The number of hydrogen-bond donors (Lipinski definition) is 0. The molecular formula is C42H32O4Ti. The van der Waals surface area contributed by atoms with Gasteiger partial charge in [-0.1, -0.05) is 0 Å². The van der Waals surface area contributed by atoms with Gasteiger partial charge >= 0.3 is 277 Å². The molecule has 4 nitrogen and oxygen atoms in total. The molecule has 228 valence electrons. The molecule has 2 aliphatic rings. The zero-order chi connectivity index (χ0) is 32.0. The standard InChI is InChI=1S/2C13H9.2C7H6O2.C2H4.Ti/c2*1-3-7-12-10(5-1)9-11-6-2-4-8-13(11)12;2*8-7(9)6-4-2-1-3-5-6;1-2;/h2*1-5,7-8H,9H2;2*1-5H,(H,8,9);1H,2H3;/q;;;;;+2/p-2. The molecule has 0 amide bonds. The molecule has 0 bridgehead atoms. The van der Waals surface area contributed by atoms with E-state index < -0.39 is 27.6 Å². The predicted octanol–water partition coefficient (Wildman–Crippen LogP) is 7.84. The van der Waals surface area contributed by atoms with Gasteiger partial charge in [0.2, 0.25) is 0 Å². The van der Waals surface area contributed by atoms with E-state index in [2.05, 4.69) is 36.4 Å². The van der Waals surface area contributed by atoms with E-state index in [4.69, 9.17) is 6.64 Å². The summed E-state index contributed by atoms with van der Waals surface area (Å²) in [7, 11) is 0. The van der Waals surface area contributed by atoms with Gasteiger partial charge < -0.3 is 0 Å². The summed E-state index contributed by atoms with van der Waals surface area (Å²) in [6.07, 6.45) is 1.27. The third-order valence-electron chi connectivity index (χ3n) is 9.86. The molecule has 0 saturated carbocycles. The molecule has 2 aliphatic carbocycles. The van der Waals surface area contributed by atoms with Crippen LogP contribution in [0.4, 0.5) is 0 Å². The van der Waals surface area contributed by atoms with Gasteiger partial charge in [0.25, 0.3) is 0 Å². The third kappa shape index (κ3) is 4.51. The minimum atomic E-state index is -5.90. The van der Waals surface area contributed by atoms with Crippen LogP contribution in [0.2, 0.25) is 0 Å². The average Bonchev–Trinajstić information content (AvgIpc) is 3.71. The number of fused-ring (bicyclic) bond motifs is 6. The van der Waals surface area contributed by atoms with E-state index in [0.717, 1.165) is 41.1 Å². The molecule has 0 radical (unpaired) electrons. The summed E-state index contributed by atoms with van der Waals surface area (Å²) in [5.41, 5.74) is 9.64. The Morgan fingerprint density at radius 3 is 1.30 bits per heavy atom. The summed E-state index contributed by atoms with van der Waals surface area (Å²) in [6.45, 7) is 1.90. The first-order valence-electron chi connectivity index (χ1n) is 16.0. The van der Waals surface area contributed by atoms with Crippen LogP contribution in [-0.2, 0) is 35.1 Å². The number of hydrogen-bond acceptors (Lipinski definition) is 4. The summed E-state index contributed by atoms with van der Waals surface area (Å²) in [6, 6.07) is 47.0. The third-order valence-corrected chi connectivity index (χ3v) is 18.0. The van der Waals surface area contributed by atoms with Gasteiger partial charge in [-0.3, -0.25) is 0 Å². The molecule has 0 saturated heterocycles. The fourth-order valence-electron chi connectivity index (χ4n) is 7.65. The number of benzene rings is 6. The van der Waals surface area contributed by atoms with Crippen LogP contribution in [-0.4, -0.2) is 16.3 Å². The molecule has 8 rings (SSSR count). The maximum atomic E-state index is 14.5. The van der Waals surface area contributed by atoms with Crippen molar-refractivity contribution >= 4 is 24.0 Å². The molecule has 0 fully saturated rings. The Labute approximate surface area is 275 Å². The van der Waals surface area contributed by atoms with Crippen LogP contribution in [0.25, 0.3) is 22.3 Å². The van der Waals surface area contributed by atoms with Crippen molar-refractivity contribution in [3.05, 3.63) is 179 Å². The van der Waals surface area contributed by atoms with Crippen molar-refractivity contribution < 1.29 is 31.8 Å². The van der Waals surface area contributed by atoms with E-state index in [1.165, 1.54) is 11.1 Å². The van der Waals surface area contributed by atoms with E-state index in [0.29, 0.717) is 24.0 Å². The first-order valence-corrected chi connectivity index (χ1v) is 19.7. The quantitative estimate of drug-likeness (QED) is 0.173. The monoisotopic (exact) mass is 648 g/mol. The second-order valence-corrected chi connectivity index (χ2v) is 19.1. The zero-order valence-electron chi connectivity index (χ0n) is 26.0. The van der Waals surface area contributed by atoms with Crippen molar-refractivity contribution in [1.82, 2.24) is 0 Å². The molecule has 0 atom stereocenters. The van der Waals surface area contributed by atoms with Crippen molar-refractivity contribution in [3.63, 3.8) is 0 Å². The van der Waals surface area contributed by atoms with E-state index >= 15 is 0 Å². The Hall–Kier alpha value is -5.16. The van der Waals surface area contributed by atoms with E-state index in [1.807, 2.05) is 96.2 Å². The first-order chi connectivity index (χ1) is 23.0. The number of carbonyl (C=O) groups is 2. The predicted molar refractivity (Wildman–Crippen MR) is 184 cm³/mol. The summed E-state index contributed by atoms with van der Waals surface area (Å²) < 4.78 is 17.8.